The minimum Gasteiger partial charge on any atom is -0.508 e. The Bertz CT molecular complexity index is 2050. The second kappa shape index (κ2) is 28.8. The lowest BCUT2D eigenvalue weighted by atomic mass is 9.99. The van der Waals surface area contributed by atoms with Gasteiger partial charge in [0.15, 0.2) is 5.96 Å². The summed E-state index contributed by atoms with van der Waals surface area (Å²) in [5, 5.41) is 38.8. The van der Waals surface area contributed by atoms with Crippen molar-refractivity contribution in [2.45, 2.75) is 121 Å². The maximum Gasteiger partial charge on any atom is 0.326 e. The van der Waals surface area contributed by atoms with Crippen molar-refractivity contribution in [3.05, 3.63) is 48.0 Å². The van der Waals surface area contributed by atoms with Gasteiger partial charge in [0, 0.05) is 37.8 Å². The van der Waals surface area contributed by atoms with E-state index < -0.39 is 95.5 Å². The van der Waals surface area contributed by atoms with E-state index in [0.717, 1.165) is 0 Å². The molecular weight excluding hydrogens is 915 g/mol. The molecule has 69 heavy (non-hydrogen) atoms. The number of likely N-dealkylation sites (N-methyl/N-ethyl adjacent to an activating group) is 1. The Hall–Kier alpha value is -6.43. The zero-order valence-corrected chi connectivity index (χ0v) is 41.0. The smallest absolute Gasteiger partial charge is 0.326 e. The van der Waals surface area contributed by atoms with E-state index in [4.69, 9.17) is 11.5 Å². The summed E-state index contributed by atoms with van der Waals surface area (Å²) in [6.45, 7) is 7.31. The van der Waals surface area contributed by atoms with Crippen LogP contribution in [0.5, 0.6) is 5.75 Å². The lowest BCUT2D eigenvalue weighted by Gasteiger charge is -2.31. The van der Waals surface area contributed by atoms with Gasteiger partial charge in [-0.2, -0.15) is 11.8 Å². The molecule has 0 aliphatic carbocycles. The molecule has 0 unspecified atom stereocenters. The monoisotopic (exact) mass is 986 g/mol. The topological polar surface area (TPSA) is 358 Å². The number of guanidine groups is 1. The van der Waals surface area contributed by atoms with Crippen LogP contribution >= 0.6 is 11.8 Å². The Balaban J connectivity index is 1.91. The summed E-state index contributed by atoms with van der Waals surface area (Å²) in [4.78, 5) is 121. The summed E-state index contributed by atoms with van der Waals surface area (Å²) >= 11 is 1.40. The normalized spacial score (nSPS) is 16.0. The number of thioether (sulfide) groups is 1. The number of nitrogens with one attached hydrogen (secondary N) is 8. The van der Waals surface area contributed by atoms with Crippen molar-refractivity contribution in [2.75, 3.05) is 38.7 Å². The second-order valence-electron chi connectivity index (χ2n) is 17.7. The van der Waals surface area contributed by atoms with Crippen LogP contribution in [0.15, 0.2) is 41.8 Å². The molecule has 0 bridgehead atoms. The first-order valence-corrected chi connectivity index (χ1v) is 24.4. The summed E-state index contributed by atoms with van der Waals surface area (Å²) in [6, 6.07) is -2.34. The fourth-order valence-electron chi connectivity index (χ4n) is 7.64. The minimum atomic E-state index is -1.34. The molecule has 0 spiro atoms. The van der Waals surface area contributed by atoms with Gasteiger partial charge in [-0.05, 0) is 87.1 Å². The first-order chi connectivity index (χ1) is 32.7. The van der Waals surface area contributed by atoms with E-state index in [-0.39, 0.29) is 75.8 Å². The van der Waals surface area contributed by atoms with Crippen molar-refractivity contribution in [1.29, 1.82) is 0 Å². The second-order valence-corrected chi connectivity index (χ2v) is 18.7. The lowest BCUT2D eigenvalue weighted by molar-refractivity contribution is -0.145. The number of nitrogens with zero attached hydrogens (tertiary/aromatic N) is 3. The molecule has 1 aliphatic rings. The number of rotatable bonds is 29. The molecule has 14 N–H and O–H groups in total. The van der Waals surface area contributed by atoms with Crippen LogP contribution in [0.3, 0.4) is 0 Å². The quantitative estimate of drug-likeness (QED) is 0.0254. The molecule has 382 valence electrons. The number of carboxylic acid groups (broad SMARTS) is 1. The molecule has 1 fully saturated rings. The Kier molecular flexibility index (Phi) is 23.7. The van der Waals surface area contributed by atoms with E-state index >= 15 is 0 Å². The molecule has 24 heteroatoms. The van der Waals surface area contributed by atoms with E-state index in [1.165, 1.54) is 41.3 Å². The number of phenols is 1. The van der Waals surface area contributed by atoms with Crippen LogP contribution in [0.4, 0.5) is 0 Å². The number of aliphatic imine (C=N–C) groups is 1. The first-order valence-electron chi connectivity index (χ1n) is 23.0. The summed E-state index contributed by atoms with van der Waals surface area (Å²) in [6.07, 6.45) is 5.96. The average Bonchev–Trinajstić information content (AvgIpc) is 4.00. The number of aromatic amines is 1. The van der Waals surface area contributed by atoms with Crippen LogP contribution in [0, 0.1) is 11.8 Å². The predicted molar refractivity (Wildman–Crippen MR) is 259 cm³/mol. The van der Waals surface area contributed by atoms with E-state index in [2.05, 4.69) is 52.2 Å². The van der Waals surface area contributed by atoms with Gasteiger partial charge < -0.3 is 68.8 Å². The highest BCUT2D eigenvalue weighted by atomic mass is 32.2. The maximum absolute atomic E-state index is 14.4. The number of carbonyl (C=O) groups is 8. The van der Waals surface area contributed by atoms with Gasteiger partial charge in [-0.1, -0.05) is 39.8 Å². The number of H-pyrrole nitrogens is 1. The molecule has 1 aromatic carbocycles. The van der Waals surface area contributed by atoms with E-state index in [9.17, 15) is 48.6 Å². The number of phenolic OH excluding ortho intramolecular Hbond substituents is 1. The van der Waals surface area contributed by atoms with Gasteiger partial charge in [0.25, 0.3) is 0 Å². The SMILES string of the molecule is CNCC(=O)N[C@@H](CCCN=C(N)N)C(=O)N[C@H](C(=O)N[C@@H](Cc1ccc(O)cc1)C(=O)N[C@@H](CCSC)C(=O)N[C@@H](Cc1cnc[nH]1)C(=O)N1CCC[C@H]1C(=O)N[C@@H](CC(C)C)C(=O)O)C(C)C. The number of aliphatic carboxylic acids is 1. The molecule has 3 rings (SSSR count). The molecular formula is C45H71N13O10S. The number of benzene rings is 1. The Morgan fingerprint density at radius 2 is 1.48 bits per heavy atom. The van der Waals surface area contributed by atoms with E-state index in [0.29, 0.717) is 29.9 Å². The van der Waals surface area contributed by atoms with Crippen molar-refractivity contribution >= 4 is 65.0 Å². The Morgan fingerprint density at radius 1 is 0.841 bits per heavy atom. The van der Waals surface area contributed by atoms with Crippen LogP contribution in [0.2, 0.25) is 0 Å². The number of hydrogen-bond acceptors (Lipinski definition) is 13. The summed E-state index contributed by atoms with van der Waals surface area (Å²) in [7, 11) is 1.57. The first kappa shape index (κ1) is 56.9. The van der Waals surface area contributed by atoms with Crippen molar-refractivity contribution in [1.82, 2.24) is 52.1 Å². The fraction of sp³-hybridized carbons (Fsp3) is 0.600. The maximum atomic E-state index is 14.4. The number of carbonyl (C=O) groups excluding carboxylic acids is 7. The number of likely N-dealkylation sites (tertiary alicyclic amines) is 1. The molecule has 1 aromatic heterocycles. The molecule has 7 atom stereocenters. The van der Waals surface area contributed by atoms with Crippen LogP contribution in [0.1, 0.15) is 77.5 Å². The van der Waals surface area contributed by atoms with Crippen LogP contribution in [0.25, 0.3) is 0 Å². The molecule has 0 radical (unpaired) electrons. The summed E-state index contributed by atoms with van der Waals surface area (Å²) in [5.41, 5.74) is 11.9. The third kappa shape index (κ3) is 19.2. The van der Waals surface area contributed by atoms with Crippen molar-refractivity contribution < 1.29 is 48.6 Å². The van der Waals surface area contributed by atoms with Crippen molar-refractivity contribution in [3.63, 3.8) is 0 Å². The largest absolute Gasteiger partial charge is 0.508 e. The third-order valence-corrected chi connectivity index (χ3v) is 11.8. The highest BCUT2D eigenvalue weighted by Crippen LogP contribution is 2.21. The standard InChI is InChI=1S/C45H71N13O10S/c1-25(2)19-34(44(67)68)56-41(64)35-10-8-17-58(35)43(66)33(21-28-22-49-24-51-28)55-38(61)31(15-18-69-6)53-40(63)32(20-27-11-13-29(59)14-12-27)54-42(65)37(26(3)4)57-39(62)30(52-36(60)23-48-5)9-7-16-50-45(46)47/h11-14,22,24-26,30-35,37,48,59H,7-10,15-21,23H2,1-6H3,(H,49,51)(H,52,60)(H,53,63)(H,54,65)(H,55,61)(H,56,64)(H,57,62)(H,67,68)(H4,46,47,50)/t30-,31-,32-,33-,34-,35-,37-/m0/s1. The highest BCUT2D eigenvalue weighted by molar-refractivity contribution is 7.98. The van der Waals surface area contributed by atoms with Crippen LogP contribution < -0.4 is 48.7 Å². The lowest BCUT2D eigenvalue weighted by Crippen LogP contribution is -2.61. The van der Waals surface area contributed by atoms with Gasteiger partial charge in [-0.3, -0.25) is 38.6 Å². The number of imidazole rings is 1. The molecule has 1 aliphatic heterocycles. The van der Waals surface area contributed by atoms with Crippen LogP contribution in [-0.4, -0.2) is 159 Å². The van der Waals surface area contributed by atoms with E-state index in [1.807, 2.05) is 20.1 Å². The van der Waals surface area contributed by atoms with Crippen LogP contribution in [-0.2, 0) is 51.2 Å². The van der Waals surface area contributed by atoms with Gasteiger partial charge in [0.1, 0.15) is 48.0 Å². The molecule has 2 aromatic rings. The average molecular weight is 986 g/mol. The number of hydrogen-bond donors (Lipinski definition) is 12. The Morgan fingerprint density at radius 3 is 2.07 bits per heavy atom. The van der Waals surface area contributed by atoms with Crippen molar-refractivity contribution in [3.8, 4) is 5.75 Å². The third-order valence-electron chi connectivity index (χ3n) is 11.2. The molecule has 7 amide bonds. The fourth-order valence-corrected chi connectivity index (χ4v) is 8.11. The van der Waals surface area contributed by atoms with Gasteiger partial charge in [0.2, 0.25) is 41.4 Å². The number of carboxylic acids is 1. The number of aromatic hydroxyl groups is 1. The summed E-state index contributed by atoms with van der Waals surface area (Å²) < 4.78 is 0. The van der Waals surface area contributed by atoms with Crippen molar-refractivity contribution in [2.24, 2.45) is 28.3 Å². The Labute approximate surface area is 406 Å². The van der Waals surface area contributed by atoms with E-state index in [1.54, 1.807) is 33.0 Å². The minimum absolute atomic E-state index is 0.0340. The zero-order valence-electron chi connectivity index (χ0n) is 40.2. The molecule has 2 heterocycles. The van der Waals surface area contributed by atoms with Gasteiger partial charge in [-0.15, -0.1) is 0 Å². The zero-order chi connectivity index (χ0) is 51.2. The van der Waals surface area contributed by atoms with Gasteiger partial charge >= 0.3 is 5.97 Å². The predicted octanol–water partition coefficient (Wildman–Crippen LogP) is -1.39. The number of amides is 7. The summed E-state index contributed by atoms with van der Waals surface area (Å²) in [5.74, 6) is -6.13. The number of nitrogens with two attached hydrogens (primary N) is 2. The molecule has 23 nitrogen and oxygen atoms in total. The van der Waals surface area contributed by atoms with Gasteiger partial charge in [0.05, 0.1) is 12.9 Å². The number of aromatic nitrogens is 2. The molecule has 0 saturated carbocycles. The highest BCUT2D eigenvalue weighted by Gasteiger charge is 2.40. The molecule has 1 saturated heterocycles. The van der Waals surface area contributed by atoms with Gasteiger partial charge in [-0.25, -0.2) is 9.78 Å².